The molecule has 0 aliphatic carbocycles. The number of nitrogens with two attached hydrogens (primary N) is 1. The lowest BCUT2D eigenvalue weighted by Crippen LogP contribution is -2.13. The third-order valence-electron chi connectivity index (χ3n) is 4.20. The Kier molecular flexibility index (Phi) is 5.03. The fourth-order valence-electron chi connectivity index (χ4n) is 2.82. The Labute approximate surface area is 137 Å². The van der Waals surface area contributed by atoms with Crippen molar-refractivity contribution in [3.8, 4) is 17.2 Å². The van der Waals surface area contributed by atoms with Crippen molar-refractivity contribution in [1.29, 1.82) is 0 Å². The maximum Gasteiger partial charge on any atom is 0.231 e. The van der Waals surface area contributed by atoms with Crippen LogP contribution in [0.25, 0.3) is 0 Å². The fraction of sp³-hybridized carbons (Fsp3) is 0.368. The number of hydrogen-bond acceptors (Lipinski definition) is 4. The zero-order valence-corrected chi connectivity index (χ0v) is 13.5. The lowest BCUT2D eigenvalue weighted by molar-refractivity contribution is 0.174. The molecule has 0 saturated heterocycles. The quantitative estimate of drug-likeness (QED) is 0.793. The molecule has 0 amide bonds. The van der Waals surface area contributed by atoms with Crippen molar-refractivity contribution in [3.05, 3.63) is 53.6 Å². The summed E-state index contributed by atoms with van der Waals surface area (Å²) < 4.78 is 16.7. The molecule has 122 valence electrons. The summed E-state index contributed by atoms with van der Waals surface area (Å²) in [5.74, 6) is 2.90. The van der Waals surface area contributed by atoms with E-state index in [1.807, 2.05) is 30.3 Å². The van der Waals surface area contributed by atoms with Gasteiger partial charge in [-0.3, -0.25) is 0 Å². The molecular formula is C19H23NO3. The maximum absolute atomic E-state index is 5.95. The average Bonchev–Trinajstić information content (AvgIpc) is 3.04. The number of hydrogen-bond donors (Lipinski definition) is 1. The molecule has 2 aromatic rings. The summed E-state index contributed by atoms with van der Waals surface area (Å²) in [4.78, 5) is 0. The molecule has 1 unspecified atom stereocenters. The molecule has 1 atom stereocenters. The van der Waals surface area contributed by atoms with Gasteiger partial charge >= 0.3 is 0 Å². The van der Waals surface area contributed by atoms with E-state index in [-0.39, 0.29) is 0 Å². The van der Waals surface area contributed by atoms with Gasteiger partial charge in [-0.2, -0.15) is 0 Å². The van der Waals surface area contributed by atoms with E-state index in [2.05, 4.69) is 19.1 Å². The number of fused-ring (bicyclic) bond motifs is 1. The fourth-order valence-corrected chi connectivity index (χ4v) is 2.82. The predicted molar refractivity (Wildman–Crippen MR) is 90.3 cm³/mol. The standard InChI is InChI=1S/C19H23NO3/c1-14-5-2-3-7-17(14)21-10-4-6-16(12-20)15-8-9-18-19(11-15)23-13-22-18/h2-3,5,7-9,11,16H,4,6,10,12-13,20H2,1H3. The van der Waals surface area contributed by atoms with Crippen LogP contribution in [0.1, 0.15) is 29.9 Å². The summed E-state index contributed by atoms with van der Waals surface area (Å²) in [6.45, 7) is 3.68. The topological polar surface area (TPSA) is 53.7 Å². The van der Waals surface area contributed by atoms with Gasteiger partial charge in [0.2, 0.25) is 6.79 Å². The molecule has 0 radical (unpaired) electrons. The summed E-state index contributed by atoms with van der Waals surface area (Å²) in [5.41, 5.74) is 8.32. The first-order valence-corrected chi connectivity index (χ1v) is 8.06. The molecule has 0 saturated carbocycles. The lowest BCUT2D eigenvalue weighted by Gasteiger charge is -2.16. The van der Waals surface area contributed by atoms with Crippen molar-refractivity contribution in [3.63, 3.8) is 0 Å². The Morgan fingerprint density at radius 1 is 1.13 bits per heavy atom. The Bertz CT molecular complexity index is 657. The Morgan fingerprint density at radius 2 is 1.96 bits per heavy atom. The largest absolute Gasteiger partial charge is 0.493 e. The second kappa shape index (κ2) is 7.38. The molecule has 1 aliphatic rings. The van der Waals surface area contributed by atoms with Crippen LogP contribution in [0.4, 0.5) is 0 Å². The highest BCUT2D eigenvalue weighted by Crippen LogP contribution is 2.35. The van der Waals surface area contributed by atoms with Gasteiger partial charge < -0.3 is 19.9 Å². The summed E-state index contributed by atoms with van der Waals surface area (Å²) in [7, 11) is 0. The zero-order chi connectivity index (χ0) is 16.1. The van der Waals surface area contributed by atoms with Crippen LogP contribution in [0, 0.1) is 6.92 Å². The number of aryl methyl sites for hydroxylation is 1. The van der Waals surface area contributed by atoms with Crippen LogP contribution < -0.4 is 19.9 Å². The first-order valence-electron chi connectivity index (χ1n) is 8.06. The highest BCUT2D eigenvalue weighted by Gasteiger charge is 2.17. The van der Waals surface area contributed by atoms with Crippen LogP contribution >= 0.6 is 0 Å². The van der Waals surface area contributed by atoms with E-state index in [4.69, 9.17) is 19.9 Å². The van der Waals surface area contributed by atoms with E-state index in [9.17, 15) is 0 Å². The smallest absolute Gasteiger partial charge is 0.231 e. The van der Waals surface area contributed by atoms with Gasteiger partial charge in [0, 0.05) is 0 Å². The van der Waals surface area contributed by atoms with Crippen molar-refractivity contribution in [1.82, 2.24) is 0 Å². The summed E-state index contributed by atoms with van der Waals surface area (Å²) in [5, 5.41) is 0. The van der Waals surface area contributed by atoms with Gasteiger partial charge in [-0.1, -0.05) is 24.3 Å². The third kappa shape index (κ3) is 3.77. The number of rotatable bonds is 7. The Balaban J connectivity index is 1.53. The molecule has 4 nitrogen and oxygen atoms in total. The first-order chi connectivity index (χ1) is 11.3. The van der Waals surface area contributed by atoms with Gasteiger partial charge in [-0.05, 0) is 61.6 Å². The van der Waals surface area contributed by atoms with E-state index < -0.39 is 0 Å². The molecule has 4 heteroatoms. The van der Waals surface area contributed by atoms with Crippen molar-refractivity contribution in [2.24, 2.45) is 5.73 Å². The summed E-state index contributed by atoms with van der Waals surface area (Å²) in [6, 6.07) is 14.2. The highest BCUT2D eigenvalue weighted by atomic mass is 16.7. The van der Waals surface area contributed by atoms with Gasteiger partial charge in [0.05, 0.1) is 6.61 Å². The zero-order valence-electron chi connectivity index (χ0n) is 13.5. The molecule has 0 spiro atoms. The minimum absolute atomic E-state index is 0.302. The van der Waals surface area contributed by atoms with Crippen LogP contribution in [-0.4, -0.2) is 19.9 Å². The molecule has 0 bridgehead atoms. The van der Waals surface area contributed by atoms with Crippen molar-refractivity contribution >= 4 is 0 Å². The molecule has 1 aliphatic heterocycles. The first kappa shape index (κ1) is 15.7. The molecule has 23 heavy (non-hydrogen) atoms. The van der Waals surface area contributed by atoms with Crippen molar-refractivity contribution in [2.45, 2.75) is 25.7 Å². The van der Waals surface area contributed by atoms with Crippen LogP contribution in [0.3, 0.4) is 0 Å². The van der Waals surface area contributed by atoms with Crippen molar-refractivity contribution in [2.75, 3.05) is 19.9 Å². The highest BCUT2D eigenvalue weighted by molar-refractivity contribution is 5.45. The summed E-state index contributed by atoms with van der Waals surface area (Å²) >= 11 is 0. The van der Waals surface area contributed by atoms with E-state index >= 15 is 0 Å². The van der Waals surface area contributed by atoms with Crippen LogP contribution in [0.15, 0.2) is 42.5 Å². The lowest BCUT2D eigenvalue weighted by atomic mass is 9.94. The van der Waals surface area contributed by atoms with E-state index in [1.54, 1.807) is 0 Å². The maximum atomic E-state index is 5.95. The normalized spacial score (nSPS) is 13.8. The van der Waals surface area contributed by atoms with Crippen LogP contribution in [0.5, 0.6) is 17.2 Å². The Morgan fingerprint density at radius 3 is 2.78 bits per heavy atom. The summed E-state index contributed by atoms with van der Waals surface area (Å²) in [6.07, 6.45) is 1.95. The van der Waals surface area contributed by atoms with Gasteiger partial charge in [0.1, 0.15) is 5.75 Å². The monoisotopic (exact) mass is 313 g/mol. The van der Waals surface area contributed by atoms with Crippen molar-refractivity contribution < 1.29 is 14.2 Å². The molecule has 1 heterocycles. The van der Waals surface area contributed by atoms with Gasteiger partial charge in [-0.25, -0.2) is 0 Å². The second-order valence-corrected chi connectivity index (χ2v) is 5.80. The predicted octanol–water partition coefficient (Wildman–Crippen LogP) is 3.63. The number of ether oxygens (including phenoxy) is 3. The van der Waals surface area contributed by atoms with E-state index in [1.165, 1.54) is 11.1 Å². The van der Waals surface area contributed by atoms with Gasteiger partial charge in [0.25, 0.3) is 0 Å². The Hall–Kier alpha value is -2.20. The van der Waals surface area contributed by atoms with Crippen LogP contribution in [0.2, 0.25) is 0 Å². The molecular weight excluding hydrogens is 290 g/mol. The number of para-hydroxylation sites is 1. The SMILES string of the molecule is Cc1ccccc1OCCCC(CN)c1ccc2c(c1)OCO2. The average molecular weight is 313 g/mol. The van der Waals surface area contributed by atoms with Crippen LogP contribution in [-0.2, 0) is 0 Å². The van der Waals surface area contributed by atoms with Gasteiger partial charge in [0.15, 0.2) is 11.5 Å². The van der Waals surface area contributed by atoms with Gasteiger partial charge in [-0.15, -0.1) is 0 Å². The molecule has 2 aromatic carbocycles. The molecule has 2 N–H and O–H groups in total. The van der Waals surface area contributed by atoms with E-state index in [0.29, 0.717) is 25.9 Å². The van der Waals surface area contributed by atoms with E-state index in [0.717, 1.165) is 30.1 Å². The second-order valence-electron chi connectivity index (χ2n) is 5.80. The number of benzene rings is 2. The minimum Gasteiger partial charge on any atom is -0.493 e. The molecule has 0 fully saturated rings. The third-order valence-corrected chi connectivity index (χ3v) is 4.20. The molecule has 3 rings (SSSR count). The minimum atomic E-state index is 0.302. The molecule has 0 aromatic heterocycles.